The molecule has 0 spiro atoms. The SMILES string of the molecule is Cn1cc(-c2csc(-c3ccc4ccccc4c3)n2)c2cc(F)ccc21. The molecule has 2 heterocycles. The highest BCUT2D eigenvalue weighted by Gasteiger charge is 2.13. The van der Waals surface area contributed by atoms with Gasteiger partial charge in [-0.15, -0.1) is 11.3 Å². The molecule has 3 aromatic carbocycles. The molecule has 126 valence electrons. The molecule has 4 heteroatoms. The molecule has 0 saturated heterocycles. The van der Waals surface area contributed by atoms with Crippen molar-refractivity contribution in [2.75, 3.05) is 0 Å². The number of hydrogen-bond acceptors (Lipinski definition) is 2. The summed E-state index contributed by atoms with van der Waals surface area (Å²) in [6.45, 7) is 0. The molecular formula is C22H15FN2S. The van der Waals surface area contributed by atoms with Gasteiger partial charge in [-0.05, 0) is 35.0 Å². The van der Waals surface area contributed by atoms with E-state index >= 15 is 0 Å². The summed E-state index contributed by atoms with van der Waals surface area (Å²) in [5.74, 6) is -0.227. The second kappa shape index (κ2) is 5.78. The van der Waals surface area contributed by atoms with Gasteiger partial charge in [0.1, 0.15) is 10.8 Å². The first-order valence-electron chi connectivity index (χ1n) is 8.39. The minimum atomic E-state index is -0.227. The van der Waals surface area contributed by atoms with Crippen LogP contribution in [0.4, 0.5) is 4.39 Å². The van der Waals surface area contributed by atoms with Crippen molar-refractivity contribution < 1.29 is 4.39 Å². The third-order valence-corrected chi connectivity index (χ3v) is 5.62. The fourth-order valence-electron chi connectivity index (χ4n) is 3.42. The maximum Gasteiger partial charge on any atom is 0.124 e. The fourth-order valence-corrected chi connectivity index (χ4v) is 4.24. The van der Waals surface area contributed by atoms with Crippen LogP contribution in [0.1, 0.15) is 0 Å². The Balaban J connectivity index is 1.63. The number of nitrogens with zero attached hydrogens (tertiary/aromatic N) is 2. The van der Waals surface area contributed by atoms with Gasteiger partial charge in [0.05, 0.1) is 5.69 Å². The van der Waals surface area contributed by atoms with E-state index in [2.05, 4.69) is 30.3 Å². The Kier molecular flexibility index (Phi) is 3.40. The quantitative estimate of drug-likeness (QED) is 0.364. The van der Waals surface area contributed by atoms with E-state index in [0.717, 1.165) is 32.7 Å². The zero-order valence-corrected chi connectivity index (χ0v) is 14.9. The summed E-state index contributed by atoms with van der Waals surface area (Å²) in [5.41, 5.74) is 3.95. The predicted molar refractivity (Wildman–Crippen MR) is 107 cm³/mol. The number of fused-ring (bicyclic) bond motifs is 2. The van der Waals surface area contributed by atoms with E-state index in [0.29, 0.717) is 0 Å². The first kappa shape index (κ1) is 15.3. The van der Waals surface area contributed by atoms with E-state index in [1.165, 1.54) is 16.8 Å². The van der Waals surface area contributed by atoms with Crippen molar-refractivity contribution in [3.05, 3.63) is 78.1 Å². The lowest BCUT2D eigenvalue weighted by atomic mass is 10.1. The highest BCUT2D eigenvalue weighted by molar-refractivity contribution is 7.13. The first-order valence-corrected chi connectivity index (χ1v) is 9.27. The number of rotatable bonds is 2. The number of hydrogen-bond donors (Lipinski definition) is 0. The highest BCUT2D eigenvalue weighted by Crippen LogP contribution is 2.35. The Morgan fingerprint density at radius 3 is 2.69 bits per heavy atom. The lowest BCUT2D eigenvalue weighted by Gasteiger charge is -2.00. The number of aryl methyl sites for hydroxylation is 1. The third kappa shape index (κ3) is 2.42. The summed E-state index contributed by atoms with van der Waals surface area (Å²) in [7, 11) is 1.97. The predicted octanol–water partition coefficient (Wildman–Crippen LogP) is 6.26. The largest absolute Gasteiger partial charge is 0.350 e. The maximum absolute atomic E-state index is 13.7. The van der Waals surface area contributed by atoms with Crippen LogP contribution in [-0.4, -0.2) is 9.55 Å². The lowest BCUT2D eigenvalue weighted by Crippen LogP contribution is -1.83. The van der Waals surface area contributed by atoms with E-state index in [9.17, 15) is 4.39 Å². The highest BCUT2D eigenvalue weighted by atomic mass is 32.1. The molecule has 2 aromatic heterocycles. The minimum Gasteiger partial charge on any atom is -0.350 e. The number of halogens is 1. The molecule has 5 rings (SSSR count). The summed E-state index contributed by atoms with van der Waals surface area (Å²) in [6, 6.07) is 19.6. The van der Waals surface area contributed by atoms with E-state index < -0.39 is 0 Å². The Morgan fingerprint density at radius 2 is 1.81 bits per heavy atom. The molecule has 2 nitrogen and oxygen atoms in total. The zero-order valence-electron chi connectivity index (χ0n) is 14.1. The number of benzene rings is 3. The number of thiazole rings is 1. The third-order valence-electron chi connectivity index (χ3n) is 4.73. The normalized spacial score (nSPS) is 11.5. The van der Waals surface area contributed by atoms with Gasteiger partial charge in [-0.25, -0.2) is 9.37 Å². The average Bonchev–Trinajstić information content (AvgIpc) is 3.26. The molecule has 26 heavy (non-hydrogen) atoms. The monoisotopic (exact) mass is 358 g/mol. The molecule has 0 bridgehead atoms. The van der Waals surface area contributed by atoms with Crippen molar-refractivity contribution in [2.24, 2.45) is 7.05 Å². The zero-order chi connectivity index (χ0) is 17.7. The molecule has 0 atom stereocenters. The molecule has 0 fully saturated rings. The summed E-state index contributed by atoms with van der Waals surface area (Å²) in [6.07, 6.45) is 2.02. The van der Waals surface area contributed by atoms with Crippen LogP contribution in [0.15, 0.2) is 72.2 Å². The second-order valence-electron chi connectivity index (χ2n) is 6.41. The van der Waals surface area contributed by atoms with Gasteiger partial charge < -0.3 is 4.57 Å². The van der Waals surface area contributed by atoms with Gasteiger partial charge in [-0.2, -0.15) is 0 Å². The molecule has 0 aliphatic rings. The molecule has 0 N–H and O–H groups in total. The summed E-state index contributed by atoms with van der Waals surface area (Å²) < 4.78 is 15.7. The molecular weight excluding hydrogens is 343 g/mol. The average molecular weight is 358 g/mol. The van der Waals surface area contributed by atoms with Gasteiger partial charge in [0.15, 0.2) is 0 Å². The Hall–Kier alpha value is -2.98. The maximum atomic E-state index is 13.7. The van der Waals surface area contributed by atoms with Gasteiger partial charge >= 0.3 is 0 Å². The van der Waals surface area contributed by atoms with Gasteiger partial charge in [0, 0.05) is 40.7 Å². The summed E-state index contributed by atoms with van der Waals surface area (Å²) in [5, 5.41) is 6.33. The Labute approximate surface area is 154 Å². The van der Waals surface area contributed by atoms with Crippen LogP contribution in [0.5, 0.6) is 0 Å². The van der Waals surface area contributed by atoms with E-state index in [-0.39, 0.29) is 5.82 Å². The van der Waals surface area contributed by atoms with Crippen LogP contribution in [0.3, 0.4) is 0 Å². The van der Waals surface area contributed by atoms with Gasteiger partial charge in [0.2, 0.25) is 0 Å². The van der Waals surface area contributed by atoms with Crippen LogP contribution in [-0.2, 0) is 7.05 Å². The van der Waals surface area contributed by atoms with Crippen LogP contribution in [0.2, 0.25) is 0 Å². The molecule has 0 saturated carbocycles. The van der Waals surface area contributed by atoms with Crippen LogP contribution < -0.4 is 0 Å². The molecule has 5 aromatic rings. The van der Waals surface area contributed by atoms with E-state index in [4.69, 9.17) is 4.98 Å². The van der Waals surface area contributed by atoms with Crippen LogP contribution in [0, 0.1) is 5.82 Å². The molecule has 0 radical (unpaired) electrons. The van der Waals surface area contributed by atoms with Crippen molar-refractivity contribution in [3.8, 4) is 21.8 Å². The topological polar surface area (TPSA) is 17.8 Å². The molecule has 0 aliphatic heterocycles. The Bertz CT molecular complexity index is 1270. The lowest BCUT2D eigenvalue weighted by molar-refractivity contribution is 0.629. The van der Waals surface area contributed by atoms with Crippen molar-refractivity contribution in [3.63, 3.8) is 0 Å². The van der Waals surface area contributed by atoms with Crippen LogP contribution >= 0.6 is 11.3 Å². The van der Waals surface area contributed by atoms with Crippen molar-refractivity contribution in [2.45, 2.75) is 0 Å². The van der Waals surface area contributed by atoms with Gasteiger partial charge in [0.25, 0.3) is 0 Å². The second-order valence-corrected chi connectivity index (χ2v) is 7.27. The molecule has 0 amide bonds. The summed E-state index contributed by atoms with van der Waals surface area (Å²) >= 11 is 1.61. The molecule has 0 unspecified atom stereocenters. The van der Waals surface area contributed by atoms with E-state index in [1.807, 2.05) is 41.4 Å². The number of aromatic nitrogens is 2. The standard InChI is InChI=1S/C22H15FN2S/c1-25-12-19(18-11-17(23)8-9-21(18)25)20-13-26-22(24-20)16-7-6-14-4-2-3-5-15(14)10-16/h2-13H,1H3. The van der Waals surface area contributed by atoms with Gasteiger partial charge in [-0.3, -0.25) is 0 Å². The molecule has 0 aliphatic carbocycles. The van der Waals surface area contributed by atoms with Crippen molar-refractivity contribution >= 4 is 33.0 Å². The first-order chi connectivity index (χ1) is 12.7. The minimum absolute atomic E-state index is 0.227. The van der Waals surface area contributed by atoms with Gasteiger partial charge in [-0.1, -0.05) is 36.4 Å². The van der Waals surface area contributed by atoms with E-state index in [1.54, 1.807) is 17.4 Å². The van der Waals surface area contributed by atoms with Crippen molar-refractivity contribution in [1.29, 1.82) is 0 Å². The smallest absolute Gasteiger partial charge is 0.124 e. The summed E-state index contributed by atoms with van der Waals surface area (Å²) in [4.78, 5) is 4.83. The van der Waals surface area contributed by atoms with Crippen LogP contribution in [0.25, 0.3) is 43.5 Å². The van der Waals surface area contributed by atoms with Crippen molar-refractivity contribution in [1.82, 2.24) is 9.55 Å². The fraction of sp³-hybridized carbons (Fsp3) is 0.0455. The Morgan fingerprint density at radius 1 is 0.962 bits per heavy atom.